The predicted octanol–water partition coefficient (Wildman–Crippen LogP) is 3.08. The normalized spacial score (nSPS) is 14.2. The van der Waals surface area contributed by atoms with Crippen molar-refractivity contribution in [3.05, 3.63) is 22.2 Å². The summed E-state index contributed by atoms with van der Waals surface area (Å²) in [5.74, 6) is 2.33. The first-order valence-corrected chi connectivity index (χ1v) is 8.32. The number of hydrogen-bond donors (Lipinski definition) is 0. The Morgan fingerprint density at radius 1 is 1.29 bits per heavy atom. The molecule has 1 aromatic heterocycles. The lowest BCUT2D eigenvalue weighted by Gasteiger charge is -2.12. The van der Waals surface area contributed by atoms with Crippen LogP contribution in [0.25, 0.3) is 0 Å². The largest absolute Gasteiger partial charge is 0.496 e. The molecule has 0 spiro atoms. The van der Waals surface area contributed by atoms with E-state index in [-0.39, 0.29) is 0 Å². The molecule has 0 unspecified atom stereocenters. The number of thioether (sulfide) groups is 1. The lowest BCUT2D eigenvalue weighted by molar-refractivity contribution is 0.398. The molecule has 0 N–H and O–H groups in total. The van der Waals surface area contributed by atoms with Crippen LogP contribution in [0.4, 0.5) is 0 Å². The highest BCUT2D eigenvalue weighted by atomic mass is 79.9. The van der Waals surface area contributed by atoms with Gasteiger partial charge < -0.3 is 9.47 Å². The second-order valence-corrected chi connectivity index (χ2v) is 6.52. The Labute approximate surface area is 135 Å². The molecule has 1 aliphatic rings. The first-order valence-electron chi connectivity index (χ1n) is 6.54. The van der Waals surface area contributed by atoms with Crippen molar-refractivity contribution in [2.75, 3.05) is 14.2 Å². The van der Waals surface area contributed by atoms with E-state index in [0.29, 0.717) is 6.04 Å². The van der Waals surface area contributed by atoms with Crippen molar-refractivity contribution in [3.63, 3.8) is 0 Å². The summed E-state index contributed by atoms with van der Waals surface area (Å²) < 4.78 is 13.5. The van der Waals surface area contributed by atoms with Crippen LogP contribution < -0.4 is 9.47 Å². The summed E-state index contributed by atoms with van der Waals surface area (Å²) in [6, 6.07) is 4.36. The lowest BCUT2D eigenvalue weighted by atomic mass is 10.2. The Morgan fingerprint density at radius 3 is 2.71 bits per heavy atom. The Bertz CT molecular complexity index is 645. The Kier molecular flexibility index (Phi) is 4.34. The van der Waals surface area contributed by atoms with Gasteiger partial charge in [-0.1, -0.05) is 11.8 Å². The maximum absolute atomic E-state index is 5.43. The lowest BCUT2D eigenvalue weighted by Crippen LogP contribution is -1.99. The number of benzene rings is 1. The van der Waals surface area contributed by atoms with Crippen LogP contribution in [0.5, 0.6) is 11.5 Å². The van der Waals surface area contributed by atoms with Crippen molar-refractivity contribution in [1.82, 2.24) is 20.2 Å². The molecular formula is C13H15BrN4O2S. The Morgan fingerprint density at radius 2 is 2.05 bits per heavy atom. The molecule has 1 aromatic carbocycles. The summed E-state index contributed by atoms with van der Waals surface area (Å²) in [6.07, 6.45) is 2.32. The van der Waals surface area contributed by atoms with E-state index in [1.165, 1.54) is 0 Å². The number of rotatable bonds is 6. The van der Waals surface area contributed by atoms with Gasteiger partial charge in [-0.05, 0) is 51.3 Å². The van der Waals surface area contributed by atoms with Gasteiger partial charge in [-0.2, -0.15) is 0 Å². The second kappa shape index (κ2) is 6.23. The van der Waals surface area contributed by atoms with Gasteiger partial charge in [0.1, 0.15) is 11.5 Å². The minimum absolute atomic E-state index is 0.476. The summed E-state index contributed by atoms with van der Waals surface area (Å²) in [6.45, 7) is 0. The van der Waals surface area contributed by atoms with Crippen molar-refractivity contribution < 1.29 is 9.47 Å². The van der Waals surface area contributed by atoms with Crippen LogP contribution in [-0.4, -0.2) is 34.4 Å². The molecule has 0 aliphatic heterocycles. The van der Waals surface area contributed by atoms with Gasteiger partial charge in [-0.15, -0.1) is 5.10 Å². The van der Waals surface area contributed by atoms with Crippen molar-refractivity contribution in [2.45, 2.75) is 29.8 Å². The first kappa shape index (κ1) is 14.6. The fraction of sp³-hybridized carbons (Fsp3) is 0.462. The van der Waals surface area contributed by atoms with Crippen LogP contribution in [0.1, 0.15) is 24.4 Å². The molecule has 0 saturated heterocycles. The van der Waals surface area contributed by atoms with Gasteiger partial charge in [0.25, 0.3) is 0 Å². The highest BCUT2D eigenvalue weighted by molar-refractivity contribution is 9.10. The average molecular weight is 371 g/mol. The summed E-state index contributed by atoms with van der Waals surface area (Å²) in [5.41, 5.74) is 1.05. The van der Waals surface area contributed by atoms with Gasteiger partial charge in [-0.25, -0.2) is 4.68 Å². The van der Waals surface area contributed by atoms with E-state index < -0.39 is 0 Å². The molecule has 0 bridgehead atoms. The van der Waals surface area contributed by atoms with Crippen LogP contribution in [0, 0.1) is 0 Å². The van der Waals surface area contributed by atoms with Crippen molar-refractivity contribution in [2.24, 2.45) is 0 Å². The van der Waals surface area contributed by atoms with E-state index >= 15 is 0 Å². The summed E-state index contributed by atoms with van der Waals surface area (Å²) >= 11 is 5.07. The van der Waals surface area contributed by atoms with Crippen molar-refractivity contribution in [1.29, 1.82) is 0 Å². The minimum atomic E-state index is 0.476. The smallest absolute Gasteiger partial charge is 0.209 e. The van der Waals surface area contributed by atoms with Crippen LogP contribution in [0.2, 0.25) is 0 Å². The molecule has 8 heteroatoms. The Hall–Kier alpha value is -1.28. The first-order chi connectivity index (χ1) is 10.2. The van der Waals surface area contributed by atoms with Gasteiger partial charge in [0, 0.05) is 11.3 Å². The average Bonchev–Trinajstić information content (AvgIpc) is 3.24. The zero-order valence-electron chi connectivity index (χ0n) is 11.7. The monoisotopic (exact) mass is 370 g/mol. The number of methoxy groups -OCH3 is 2. The molecule has 1 aliphatic carbocycles. The Balaban J connectivity index is 1.79. The van der Waals surface area contributed by atoms with Crippen LogP contribution in [0.3, 0.4) is 0 Å². The number of halogens is 1. The molecule has 0 atom stereocenters. The molecule has 0 amide bonds. The number of aromatic nitrogens is 4. The van der Waals surface area contributed by atoms with E-state index in [9.17, 15) is 0 Å². The van der Waals surface area contributed by atoms with Gasteiger partial charge in [0.15, 0.2) is 0 Å². The second-order valence-electron chi connectivity index (χ2n) is 4.72. The van der Waals surface area contributed by atoms with Gasteiger partial charge in [-0.3, -0.25) is 0 Å². The van der Waals surface area contributed by atoms with E-state index in [2.05, 4.69) is 31.5 Å². The zero-order chi connectivity index (χ0) is 14.8. The molecule has 112 valence electrons. The van der Waals surface area contributed by atoms with Gasteiger partial charge in [0.2, 0.25) is 5.16 Å². The highest BCUT2D eigenvalue weighted by Crippen LogP contribution is 2.39. The molecule has 1 fully saturated rings. The molecule has 21 heavy (non-hydrogen) atoms. The molecular weight excluding hydrogens is 356 g/mol. The topological polar surface area (TPSA) is 62.1 Å². The summed E-state index contributed by atoms with van der Waals surface area (Å²) in [4.78, 5) is 0. The molecule has 2 aromatic rings. The molecule has 1 heterocycles. The SMILES string of the molecule is COc1cc(CSc2nnnn2C2CC2)c(OC)cc1Br. The number of tetrazole rings is 1. The summed E-state index contributed by atoms with van der Waals surface area (Å²) in [5, 5.41) is 12.8. The van der Waals surface area contributed by atoms with Crippen LogP contribution in [-0.2, 0) is 5.75 Å². The number of hydrogen-bond acceptors (Lipinski definition) is 6. The van der Waals surface area contributed by atoms with Crippen molar-refractivity contribution in [3.8, 4) is 11.5 Å². The zero-order valence-corrected chi connectivity index (χ0v) is 14.1. The number of ether oxygens (including phenoxy) is 2. The molecule has 6 nitrogen and oxygen atoms in total. The van der Waals surface area contributed by atoms with E-state index in [1.54, 1.807) is 26.0 Å². The van der Waals surface area contributed by atoms with Gasteiger partial charge in [0.05, 0.1) is 24.7 Å². The third-order valence-electron chi connectivity index (χ3n) is 3.27. The van der Waals surface area contributed by atoms with E-state index in [1.807, 2.05) is 16.8 Å². The highest BCUT2D eigenvalue weighted by Gasteiger charge is 2.28. The summed E-state index contributed by atoms with van der Waals surface area (Å²) in [7, 11) is 3.31. The third kappa shape index (κ3) is 3.16. The number of nitrogens with zero attached hydrogens (tertiary/aromatic N) is 4. The third-order valence-corrected chi connectivity index (χ3v) is 4.87. The van der Waals surface area contributed by atoms with Crippen LogP contribution in [0.15, 0.2) is 21.8 Å². The fourth-order valence-corrected chi connectivity index (χ4v) is 3.41. The molecule has 3 rings (SSSR count). The quantitative estimate of drug-likeness (QED) is 0.728. The fourth-order valence-electron chi connectivity index (χ4n) is 2.01. The maximum atomic E-state index is 5.43. The maximum Gasteiger partial charge on any atom is 0.209 e. The molecule has 1 saturated carbocycles. The van der Waals surface area contributed by atoms with Crippen molar-refractivity contribution >= 4 is 27.7 Å². The van der Waals surface area contributed by atoms with Crippen LogP contribution >= 0.6 is 27.7 Å². The predicted molar refractivity (Wildman–Crippen MR) is 82.9 cm³/mol. The molecule has 0 radical (unpaired) electrons. The van der Waals surface area contributed by atoms with E-state index in [0.717, 1.165) is 45.3 Å². The standard InChI is InChI=1S/C13H15BrN4O2S/c1-19-11-6-10(14)12(20-2)5-8(11)7-21-13-15-16-17-18(13)9-3-4-9/h5-6,9H,3-4,7H2,1-2H3. The van der Waals surface area contributed by atoms with Gasteiger partial charge >= 0.3 is 0 Å². The minimum Gasteiger partial charge on any atom is -0.496 e. The van der Waals surface area contributed by atoms with E-state index in [4.69, 9.17) is 9.47 Å².